The van der Waals surface area contributed by atoms with Crippen LogP contribution in [-0.4, -0.2) is 16.2 Å². The number of nitrogens with zero attached hydrogens (tertiary/aromatic N) is 4. The van der Waals surface area contributed by atoms with E-state index in [4.69, 9.17) is 28.2 Å². The van der Waals surface area contributed by atoms with Gasteiger partial charge in [0, 0.05) is 63.1 Å². The summed E-state index contributed by atoms with van der Waals surface area (Å²) >= 11 is 0. The van der Waals surface area contributed by atoms with E-state index in [2.05, 4.69) is 158 Å². The molecule has 10 aromatic carbocycles. The highest BCUT2D eigenvalue weighted by Gasteiger charge is 2.32. The van der Waals surface area contributed by atoms with Gasteiger partial charge in [-0.3, -0.25) is 4.57 Å². The van der Waals surface area contributed by atoms with Crippen LogP contribution in [0.5, 0.6) is 23.0 Å². The van der Waals surface area contributed by atoms with Gasteiger partial charge < -0.3 is 19.3 Å². The van der Waals surface area contributed by atoms with Gasteiger partial charge in [0.05, 0.1) is 41.8 Å². The Hall–Kier alpha value is -9.65. The fourth-order valence-electron chi connectivity index (χ4n) is 11.4. The fraction of sp³-hybridized carbons (Fsp3) is 0.167. The first-order chi connectivity index (χ1) is 44.7. The predicted octanol–water partition coefficient (Wildman–Crippen LogP) is 21.6. The maximum atomic E-state index is 9.15. The van der Waals surface area contributed by atoms with E-state index in [0.29, 0.717) is 28.8 Å². The first kappa shape index (κ1) is 43.1. The first-order valence-corrected chi connectivity index (χ1v) is 28.5. The summed E-state index contributed by atoms with van der Waals surface area (Å²) in [5.41, 5.74) is 11.9. The molecule has 0 amide bonds. The van der Waals surface area contributed by atoms with Crippen molar-refractivity contribution in [1.29, 1.82) is 0 Å². The zero-order chi connectivity index (χ0) is 66.6. The number of aromatic nitrogens is 2. The number of rotatable bonds is 11. The molecule has 0 fully saturated rings. The number of para-hydroxylation sites is 4. The van der Waals surface area contributed by atoms with Gasteiger partial charge in [-0.1, -0.05) is 232 Å². The molecule has 13 rings (SSSR count). The molecule has 12 aromatic rings. The lowest BCUT2D eigenvalue weighted by atomic mass is 9.85. The van der Waals surface area contributed by atoms with Gasteiger partial charge in [-0.2, -0.15) is 0 Å². The molecule has 6 nitrogen and oxygen atoms in total. The van der Waals surface area contributed by atoms with E-state index in [0.717, 1.165) is 61.2 Å². The summed E-state index contributed by atoms with van der Waals surface area (Å²) in [7, 11) is 0. The Labute approximate surface area is 508 Å². The largest absolute Gasteiger partial charge is 0.457 e. The summed E-state index contributed by atoms with van der Waals surface area (Å²) in [6, 6.07) is 55.6. The van der Waals surface area contributed by atoms with Crippen molar-refractivity contribution >= 4 is 44.6 Å². The Kier molecular flexibility index (Phi) is 10.9. The molecule has 0 atom stereocenters. The van der Waals surface area contributed by atoms with E-state index in [9.17, 15) is 0 Å². The van der Waals surface area contributed by atoms with Crippen LogP contribution in [0, 0.1) is 0 Å². The molecule has 0 saturated carbocycles. The van der Waals surface area contributed by atoms with Crippen LogP contribution in [0.3, 0.4) is 0 Å². The summed E-state index contributed by atoms with van der Waals surface area (Å²) in [5.74, 6) is 3.05. The van der Waals surface area contributed by atoms with E-state index >= 15 is 0 Å². The molecule has 0 saturated heterocycles. The van der Waals surface area contributed by atoms with E-state index in [1.807, 2.05) is 82.6 Å². The molecule has 0 unspecified atom stereocenters. The standard InChI is InChI=1S/C78H70N4O2/c1-76(2,3)56-37-33-54(34-38-56)65-29-20-30-66(55-35-39-57(40-36-55)77(4,5)6)75(65)84-62-45-46-79-73(50-62)82-69-44-41-58(78(7,8)9)47-68(69)67-43-42-61(49-72(67)82)83-60-26-18-25-59(48-60)80-51-81(71-32-17-16-31-70(71)80)74-63(52-21-12-10-13-22-52)27-19-28-64(74)53-23-14-11-15-24-53/h10-50H,51H2,1-9H3/i10D,11D,12D,13D,14D,15D,21D,22D,23D,24D. The smallest absolute Gasteiger partial charge is 0.143 e. The molecule has 84 heavy (non-hydrogen) atoms. The molecule has 2 aromatic heterocycles. The van der Waals surface area contributed by atoms with Crippen LogP contribution in [0.1, 0.15) is 92.7 Å². The molecule has 0 aliphatic carbocycles. The average Bonchev–Trinajstić information content (AvgIpc) is 1.45. The van der Waals surface area contributed by atoms with Crippen molar-refractivity contribution in [2.24, 2.45) is 0 Å². The van der Waals surface area contributed by atoms with Crippen molar-refractivity contribution in [3.05, 3.63) is 265 Å². The number of ether oxygens (including phenoxy) is 2. The minimum Gasteiger partial charge on any atom is -0.457 e. The molecule has 0 N–H and O–H groups in total. The van der Waals surface area contributed by atoms with Gasteiger partial charge >= 0.3 is 0 Å². The number of hydrogen-bond acceptors (Lipinski definition) is 5. The molecule has 3 heterocycles. The number of anilines is 4. The summed E-state index contributed by atoms with van der Waals surface area (Å²) in [5, 5.41) is 2.05. The van der Waals surface area contributed by atoms with E-state index < -0.39 is 60.4 Å². The highest BCUT2D eigenvalue weighted by Crippen LogP contribution is 2.51. The lowest BCUT2D eigenvalue weighted by Gasteiger charge is -2.27. The van der Waals surface area contributed by atoms with Crippen LogP contribution < -0.4 is 19.3 Å². The Morgan fingerprint density at radius 2 is 0.929 bits per heavy atom. The Morgan fingerprint density at radius 3 is 1.51 bits per heavy atom. The third kappa shape index (κ3) is 10.3. The second kappa shape index (κ2) is 21.3. The number of pyridine rings is 1. The van der Waals surface area contributed by atoms with Gasteiger partial charge in [0.15, 0.2) is 0 Å². The molecule has 0 bridgehead atoms. The molecule has 1 aliphatic heterocycles. The SMILES string of the molecule is [2H]c1c([2H])c([2H])c(-c2cccc(-c3c([2H])c([2H])c([2H])c([2H])c3[2H])c2N2CN(c3cccc(Oc4ccc5c6cc(C(C)(C)C)ccc6n(-c6cc(Oc7c(-c8ccc(C(C)(C)C)cc8)cccc7-c7ccc(C(C)(C)C)cc7)ccn6)c5c4)c3)c3ccccc32)c([2H])c1[2H]. The Bertz CT molecular complexity index is 4800. The average molecular weight is 1110 g/mol. The van der Waals surface area contributed by atoms with E-state index in [1.54, 1.807) is 24.4 Å². The molecular weight excluding hydrogens is 1020 g/mol. The van der Waals surface area contributed by atoms with Gasteiger partial charge in [-0.15, -0.1) is 0 Å². The molecule has 414 valence electrons. The second-order valence-electron chi connectivity index (χ2n) is 24.6. The highest BCUT2D eigenvalue weighted by atomic mass is 16.5. The number of hydrogen-bond donors (Lipinski definition) is 0. The predicted molar refractivity (Wildman–Crippen MR) is 351 cm³/mol. The van der Waals surface area contributed by atoms with Gasteiger partial charge in [-0.05, 0) is 110 Å². The fourth-order valence-corrected chi connectivity index (χ4v) is 11.4. The quantitative estimate of drug-likeness (QED) is 0.129. The van der Waals surface area contributed by atoms with Crippen molar-refractivity contribution in [3.8, 4) is 73.3 Å². The van der Waals surface area contributed by atoms with E-state index in [-0.39, 0.29) is 50.9 Å². The van der Waals surface area contributed by atoms with Gasteiger partial charge in [0.25, 0.3) is 0 Å². The molecule has 0 radical (unpaired) electrons. The lowest BCUT2D eigenvalue weighted by molar-refractivity contribution is 0.483. The minimum atomic E-state index is -0.559. The summed E-state index contributed by atoms with van der Waals surface area (Å²) < 4.78 is 105. The summed E-state index contributed by atoms with van der Waals surface area (Å²) in [4.78, 5) is 9.02. The summed E-state index contributed by atoms with van der Waals surface area (Å²) in [6.07, 6.45) is 1.79. The Morgan fingerprint density at radius 1 is 0.405 bits per heavy atom. The number of benzene rings is 10. The first-order valence-electron chi connectivity index (χ1n) is 33.5. The van der Waals surface area contributed by atoms with Crippen LogP contribution in [0.25, 0.3) is 72.1 Å². The van der Waals surface area contributed by atoms with Gasteiger partial charge in [0.2, 0.25) is 0 Å². The molecule has 1 aliphatic rings. The van der Waals surface area contributed by atoms with Gasteiger partial charge in [0.1, 0.15) is 35.5 Å². The molecule has 0 spiro atoms. The van der Waals surface area contributed by atoms with Crippen molar-refractivity contribution < 1.29 is 23.2 Å². The second-order valence-corrected chi connectivity index (χ2v) is 24.6. The highest BCUT2D eigenvalue weighted by molar-refractivity contribution is 6.10. The normalized spacial score (nSPS) is 14.4. The zero-order valence-corrected chi connectivity index (χ0v) is 48.7. The van der Waals surface area contributed by atoms with Crippen LogP contribution in [0.2, 0.25) is 0 Å². The molecule has 6 heteroatoms. The van der Waals surface area contributed by atoms with Crippen LogP contribution in [0.15, 0.2) is 249 Å². The maximum Gasteiger partial charge on any atom is 0.143 e. The molecular formula is C78H70N4O2. The van der Waals surface area contributed by atoms with Crippen molar-refractivity contribution in [3.63, 3.8) is 0 Å². The summed E-state index contributed by atoms with van der Waals surface area (Å²) in [6.45, 7) is 20.1. The number of fused-ring (bicyclic) bond motifs is 4. The monoisotopic (exact) mass is 1100 g/mol. The van der Waals surface area contributed by atoms with Crippen molar-refractivity contribution in [2.75, 3.05) is 16.5 Å². The lowest BCUT2D eigenvalue weighted by Crippen LogP contribution is -2.24. The van der Waals surface area contributed by atoms with Crippen molar-refractivity contribution in [1.82, 2.24) is 9.55 Å². The third-order valence-corrected chi connectivity index (χ3v) is 15.9. The van der Waals surface area contributed by atoms with Crippen LogP contribution >= 0.6 is 0 Å². The van der Waals surface area contributed by atoms with E-state index in [1.165, 1.54) is 16.7 Å². The van der Waals surface area contributed by atoms with Crippen LogP contribution in [0.4, 0.5) is 22.7 Å². The minimum absolute atomic E-state index is 0.0190. The van der Waals surface area contributed by atoms with Gasteiger partial charge in [-0.25, -0.2) is 4.98 Å². The third-order valence-electron chi connectivity index (χ3n) is 15.9. The van der Waals surface area contributed by atoms with Crippen LogP contribution in [-0.2, 0) is 16.2 Å². The Balaban J connectivity index is 0.898. The van der Waals surface area contributed by atoms with Crippen molar-refractivity contribution in [2.45, 2.75) is 78.6 Å². The zero-order valence-electron chi connectivity index (χ0n) is 58.7. The maximum absolute atomic E-state index is 9.15. The topological polar surface area (TPSA) is 42.8 Å².